The number of hydrogen-bond donors (Lipinski definition) is 2. The van der Waals surface area contributed by atoms with Gasteiger partial charge in [-0.2, -0.15) is 0 Å². The zero-order valence-electron chi connectivity index (χ0n) is 15.8. The van der Waals surface area contributed by atoms with Gasteiger partial charge in [0.2, 0.25) is 6.79 Å². The van der Waals surface area contributed by atoms with Crippen molar-refractivity contribution in [1.29, 1.82) is 0 Å². The summed E-state index contributed by atoms with van der Waals surface area (Å²) in [5.74, 6) is 2.43. The lowest BCUT2D eigenvalue weighted by molar-refractivity contribution is 0.129. The number of nitrogens with zero attached hydrogens (tertiary/aromatic N) is 1. The highest BCUT2D eigenvalue weighted by Gasteiger charge is 2.57. The van der Waals surface area contributed by atoms with Gasteiger partial charge in [0, 0.05) is 25.0 Å². The van der Waals surface area contributed by atoms with E-state index in [1.807, 2.05) is 6.07 Å². The molecular weight excluding hydrogens is 340 g/mol. The minimum absolute atomic E-state index is 0.0894. The molecule has 3 aliphatic rings. The van der Waals surface area contributed by atoms with Gasteiger partial charge in [-0.3, -0.25) is 5.32 Å². The highest BCUT2D eigenvalue weighted by atomic mass is 16.7. The molecule has 2 N–H and O–H groups in total. The molecule has 2 aromatic rings. The summed E-state index contributed by atoms with van der Waals surface area (Å²) < 4.78 is 11.2. The Kier molecular flexibility index (Phi) is 3.93. The summed E-state index contributed by atoms with van der Waals surface area (Å²) >= 11 is 0. The van der Waals surface area contributed by atoms with E-state index in [0.717, 1.165) is 24.6 Å². The van der Waals surface area contributed by atoms with Gasteiger partial charge in [0.05, 0.1) is 12.1 Å². The Labute approximate surface area is 159 Å². The maximum absolute atomic E-state index is 10.6. The van der Waals surface area contributed by atoms with Crippen molar-refractivity contribution in [1.82, 2.24) is 10.2 Å². The van der Waals surface area contributed by atoms with Crippen molar-refractivity contribution in [3.05, 3.63) is 59.2 Å². The number of aliphatic hydroxyl groups excluding tert-OH is 1. The fraction of sp³-hybridized carbons (Fsp3) is 0.455. The number of aryl methyl sites for hydroxylation is 1. The van der Waals surface area contributed by atoms with E-state index < -0.39 is 5.54 Å². The fourth-order valence-corrected chi connectivity index (χ4v) is 5.37. The highest BCUT2D eigenvalue weighted by Crippen LogP contribution is 2.52. The van der Waals surface area contributed by atoms with Crippen LogP contribution >= 0.6 is 0 Å². The lowest BCUT2D eigenvalue weighted by atomic mass is 9.76. The molecule has 5 rings (SSSR count). The van der Waals surface area contributed by atoms with Crippen LogP contribution in [0.15, 0.2) is 42.5 Å². The molecule has 5 nitrogen and oxygen atoms in total. The van der Waals surface area contributed by atoms with Crippen LogP contribution in [0.3, 0.4) is 0 Å². The third-order valence-electron chi connectivity index (χ3n) is 6.66. The van der Waals surface area contributed by atoms with E-state index in [-0.39, 0.29) is 19.4 Å². The summed E-state index contributed by atoms with van der Waals surface area (Å²) in [6.45, 7) is 4.51. The Morgan fingerprint density at radius 3 is 2.63 bits per heavy atom. The monoisotopic (exact) mass is 366 g/mol. The molecule has 2 saturated heterocycles. The molecule has 4 atom stereocenters. The van der Waals surface area contributed by atoms with Crippen LogP contribution in [-0.2, 0) is 5.54 Å². The lowest BCUT2D eigenvalue weighted by Gasteiger charge is -2.35. The van der Waals surface area contributed by atoms with Gasteiger partial charge in [-0.25, -0.2) is 0 Å². The van der Waals surface area contributed by atoms with Crippen LogP contribution in [-0.4, -0.2) is 43.5 Å². The first-order valence-corrected chi connectivity index (χ1v) is 9.65. The predicted octanol–water partition coefficient (Wildman–Crippen LogP) is 2.43. The van der Waals surface area contributed by atoms with E-state index in [0.29, 0.717) is 11.8 Å². The Morgan fingerprint density at radius 2 is 1.89 bits per heavy atom. The first-order chi connectivity index (χ1) is 13.1. The molecule has 5 heteroatoms. The molecule has 2 aromatic carbocycles. The van der Waals surface area contributed by atoms with Crippen molar-refractivity contribution in [2.24, 2.45) is 11.8 Å². The molecule has 3 heterocycles. The van der Waals surface area contributed by atoms with Gasteiger partial charge in [-0.15, -0.1) is 0 Å². The molecule has 0 spiro atoms. The van der Waals surface area contributed by atoms with Crippen LogP contribution in [0.1, 0.15) is 22.7 Å². The molecular formula is C22H26N2O3. The van der Waals surface area contributed by atoms with Crippen LogP contribution < -0.4 is 14.8 Å². The highest BCUT2D eigenvalue weighted by molar-refractivity contribution is 5.50. The minimum atomic E-state index is -0.426. The number of hydrogen-bond acceptors (Lipinski definition) is 5. The van der Waals surface area contributed by atoms with Gasteiger partial charge >= 0.3 is 0 Å². The lowest BCUT2D eigenvalue weighted by Crippen LogP contribution is -2.47. The molecule has 0 saturated carbocycles. The second-order valence-corrected chi connectivity index (χ2v) is 8.17. The smallest absolute Gasteiger partial charge is 0.231 e. The maximum Gasteiger partial charge on any atom is 0.231 e. The van der Waals surface area contributed by atoms with Gasteiger partial charge in [-0.05, 0) is 48.7 Å². The molecule has 0 bridgehead atoms. The van der Waals surface area contributed by atoms with Crippen LogP contribution in [0.25, 0.3) is 0 Å². The molecule has 0 unspecified atom stereocenters. The van der Waals surface area contributed by atoms with Crippen molar-refractivity contribution in [2.45, 2.75) is 18.5 Å². The normalized spacial score (nSPS) is 32.0. The largest absolute Gasteiger partial charge is 0.454 e. The first kappa shape index (κ1) is 17.0. The average molecular weight is 366 g/mol. The third-order valence-corrected chi connectivity index (χ3v) is 6.66. The second kappa shape index (κ2) is 6.23. The minimum Gasteiger partial charge on any atom is -0.454 e. The fourth-order valence-electron chi connectivity index (χ4n) is 5.37. The molecule has 27 heavy (non-hydrogen) atoms. The summed E-state index contributed by atoms with van der Waals surface area (Å²) in [6, 6.07) is 14.8. The van der Waals surface area contributed by atoms with Crippen LogP contribution in [0.5, 0.6) is 11.5 Å². The summed E-state index contributed by atoms with van der Waals surface area (Å²) in [5.41, 5.74) is 3.19. The number of likely N-dealkylation sites (tertiary alicyclic amines) is 1. The molecule has 0 aliphatic carbocycles. The average Bonchev–Trinajstić information content (AvgIpc) is 3.36. The molecule has 3 aliphatic heterocycles. The number of rotatable bonds is 3. The number of fused-ring (bicyclic) bond motifs is 2. The molecule has 142 valence electrons. The Morgan fingerprint density at radius 1 is 1.15 bits per heavy atom. The van der Waals surface area contributed by atoms with E-state index in [9.17, 15) is 5.11 Å². The van der Waals surface area contributed by atoms with Gasteiger partial charge in [-0.1, -0.05) is 30.3 Å². The Bertz CT molecular complexity index is 856. The molecule has 2 fully saturated rings. The summed E-state index contributed by atoms with van der Waals surface area (Å²) in [4.78, 5) is 2.39. The van der Waals surface area contributed by atoms with Crippen molar-refractivity contribution < 1.29 is 14.6 Å². The summed E-state index contributed by atoms with van der Waals surface area (Å²) in [5, 5.41) is 14.4. The van der Waals surface area contributed by atoms with Crippen LogP contribution in [0, 0.1) is 18.8 Å². The SMILES string of the molecule is Cc1cc2c(cc1[C@H]1N[C@](CO)(c3ccccc3)[C@H]3CN(C)C[C@@H]13)OCO2. The van der Waals surface area contributed by atoms with E-state index in [1.54, 1.807) is 0 Å². The standard InChI is InChI=1S/C22H26N2O3/c1-14-8-19-20(27-13-26-19)9-16(14)21-17-10-24(2)11-18(17)22(12-25,23-21)15-6-4-3-5-7-15/h3-9,17-18,21,23,25H,10-13H2,1-2H3/t17-,18+,21-,22-/m1/s1. The van der Waals surface area contributed by atoms with E-state index in [4.69, 9.17) is 9.47 Å². The third kappa shape index (κ3) is 2.49. The molecule has 0 amide bonds. The number of aliphatic hydroxyl groups is 1. The predicted molar refractivity (Wildman–Crippen MR) is 103 cm³/mol. The van der Waals surface area contributed by atoms with Gasteiger partial charge in [0.25, 0.3) is 0 Å². The van der Waals surface area contributed by atoms with Crippen molar-refractivity contribution in [3.63, 3.8) is 0 Å². The maximum atomic E-state index is 10.6. The number of nitrogens with one attached hydrogen (secondary N) is 1. The van der Waals surface area contributed by atoms with Gasteiger partial charge in [0.15, 0.2) is 11.5 Å². The summed E-state index contributed by atoms with van der Waals surface area (Å²) in [7, 11) is 2.18. The Hall–Kier alpha value is -2.08. The van der Waals surface area contributed by atoms with E-state index >= 15 is 0 Å². The van der Waals surface area contributed by atoms with Crippen molar-refractivity contribution >= 4 is 0 Å². The van der Waals surface area contributed by atoms with Gasteiger partial charge in [0.1, 0.15) is 0 Å². The summed E-state index contributed by atoms with van der Waals surface area (Å²) in [6.07, 6.45) is 0. The number of benzene rings is 2. The topological polar surface area (TPSA) is 54.0 Å². The first-order valence-electron chi connectivity index (χ1n) is 9.65. The molecule has 0 aromatic heterocycles. The quantitative estimate of drug-likeness (QED) is 0.874. The van der Waals surface area contributed by atoms with Crippen LogP contribution in [0.4, 0.5) is 0 Å². The van der Waals surface area contributed by atoms with E-state index in [2.05, 4.69) is 60.6 Å². The number of ether oxygens (including phenoxy) is 2. The van der Waals surface area contributed by atoms with Crippen LogP contribution in [0.2, 0.25) is 0 Å². The van der Waals surface area contributed by atoms with Crippen molar-refractivity contribution in [3.8, 4) is 11.5 Å². The van der Waals surface area contributed by atoms with Gasteiger partial charge < -0.3 is 19.5 Å². The zero-order chi connectivity index (χ0) is 18.6. The second-order valence-electron chi connectivity index (χ2n) is 8.17. The van der Waals surface area contributed by atoms with E-state index in [1.165, 1.54) is 16.7 Å². The van der Waals surface area contributed by atoms with Crippen molar-refractivity contribution in [2.75, 3.05) is 33.5 Å². The Balaban J connectivity index is 1.61. The molecule has 0 radical (unpaired) electrons. The zero-order valence-corrected chi connectivity index (χ0v) is 15.8.